The number of imidazole rings is 1. The van der Waals surface area contributed by atoms with E-state index in [1.807, 2.05) is 30.0 Å². The number of likely N-dealkylation sites (tertiary alicyclic amines) is 1. The zero-order valence-electron chi connectivity index (χ0n) is 13.9. The minimum atomic E-state index is -3.50. The van der Waals surface area contributed by atoms with E-state index in [9.17, 15) is 13.2 Å². The number of carbonyl (C=O) groups excluding carboxylic acids is 1. The molecule has 24 heavy (non-hydrogen) atoms. The van der Waals surface area contributed by atoms with Crippen LogP contribution in [-0.4, -0.2) is 47.6 Å². The molecular formula is C17H23N3O3S. The highest BCUT2D eigenvalue weighted by Crippen LogP contribution is 2.21. The summed E-state index contributed by atoms with van der Waals surface area (Å²) >= 11 is 0. The molecule has 0 unspecified atom stereocenters. The Hall–Kier alpha value is -1.89. The standard InChI is InChI=1S/C17H23N3O3S/c1-2-12-24(22,23)17-18-14-8-4-5-9-15(14)20(17)13-16(21)19-10-6-3-7-11-19/h4-5,8-9H,2-3,6-7,10-13H2,1H3. The number of hydrogen-bond acceptors (Lipinski definition) is 4. The molecule has 2 aromatic rings. The van der Waals surface area contributed by atoms with Gasteiger partial charge in [0.1, 0.15) is 6.54 Å². The SMILES string of the molecule is CCCS(=O)(=O)c1nc2ccccc2n1CC(=O)N1CCCCC1. The zero-order valence-corrected chi connectivity index (χ0v) is 14.8. The molecule has 0 aliphatic carbocycles. The number of piperidine rings is 1. The fraction of sp³-hybridized carbons (Fsp3) is 0.529. The molecule has 3 rings (SSSR count). The fourth-order valence-corrected chi connectivity index (χ4v) is 4.64. The number of nitrogens with zero attached hydrogens (tertiary/aromatic N) is 3. The van der Waals surface area contributed by atoms with Gasteiger partial charge in [-0.3, -0.25) is 4.79 Å². The van der Waals surface area contributed by atoms with Crippen molar-refractivity contribution in [3.63, 3.8) is 0 Å². The first-order valence-electron chi connectivity index (χ1n) is 8.48. The highest BCUT2D eigenvalue weighted by atomic mass is 32.2. The van der Waals surface area contributed by atoms with Crippen molar-refractivity contribution in [3.05, 3.63) is 24.3 Å². The summed E-state index contributed by atoms with van der Waals surface area (Å²) in [5.41, 5.74) is 1.30. The number of benzene rings is 1. The number of amides is 1. The molecule has 0 spiro atoms. The third kappa shape index (κ3) is 3.31. The zero-order chi connectivity index (χ0) is 17.2. The van der Waals surface area contributed by atoms with Crippen LogP contribution in [0.4, 0.5) is 0 Å². The molecule has 1 aliphatic rings. The Balaban J connectivity index is 2.00. The summed E-state index contributed by atoms with van der Waals surface area (Å²) in [5, 5.41) is 0.0101. The van der Waals surface area contributed by atoms with Crippen molar-refractivity contribution in [1.29, 1.82) is 0 Å². The van der Waals surface area contributed by atoms with Gasteiger partial charge in [-0.05, 0) is 37.8 Å². The number of hydrogen-bond donors (Lipinski definition) is 0. The first kappa shape index (κ1) is 17.0. The average Bonchev–Trinajstić information content (AvgIpc) is 2.95. The van der Waals surface area contributed by atoms with Crippen molar-refractivity contribution in [2.75, 3.05) is 18.8 Å². The molecule has 1 aliphatic heterocycles. The van der Waals surface area contributed by atoms with Crippen LogP contribution >= 0.6 is 0 Å². The number of carbonyl (C=O) groups is 1. The van der Waals surface area contributed by atoms with Crippen molar-refractivity contribution < 1.29 is 13.2 Å². The van der Waals surface area contributed by atoms with Crippen LogP contribution in [0.5, 0.6) is 0 Å². The van der Waals surface area contributed by atoms with Gasteiger partial charge in [0, 0.05) is 13.1 Å². The number of para-hydroxylation sites is 2. The lowest BCUT2D eigenvalue weighted by atomic mass is 10.1. The van der Waals surface area contributed by atoms with E-state index in [0.29, 0.717) is 17.5 Å². The molecule has 1 saturated heterocycles. The molecule has 0 bridgehead atoms. The first-order valence-corrected chi connectivity index (χ1v) is 10.1. The molecule has 2 heterocycles. The lowest BCUT2D eigenvalue weighted by Crippen LogP contribution is -2.38. The van der Waals surface area contributed by atoms with Crippen LogP contribution in [0, 0.1) is 0 Å². The largest absolute Gasteiger partial charge is 0.341 e. The molecule has 1 aromatic carbocycles. The molecule has 1 aromatic heterocycles. The van der Waals surface area contributed by atoms with Crippen LogP contribution in [0.2, 0.25) is 0 Å². The Morgan fingerprint density at radius 1 is 1.17 bits per heavy atom. The van der Waals surface area contributed by atoms with E-state index >= 15 is 0 Å². The minimum absolute atomic E-state index is 0.0101. The Bertz CT molecular complexity index is 836. The minimum Gasteiger partial charge on any atom is -0.341 e. The lowest BCUT2D eigenvalue weighted by molar-refractivity contribution is -0.132. The van der Waals surface area contributed by atoms with Gasteiger partial charge >= 0.3 is 0 Å². The molecule has 1 amide bonds. The summed E-state index contributed by atoms with van der Waals surface area (Å²) in [5.74, 6) is -0.000356. The van der Waals surface area contributed by atoms with E-state index in [0.717, 1.165) is 32.4 Å². The molecule has 0 saturated carbocycles. The van der Waals surface area contributed by atoms with Crippen LogP contribution in [0.25, 0.3) is 11.0 Å². The maximum absolute atomic E-state index is 12.6. The van der Waals surface area contributed by atoms with Gasteiger partial charge in [-0.15, -0.1) is 0 Å². The van der Waals surface area contributed by atoms with E-state index < -0.39 is 9.84 Å². The Labute approximate surface area is 142 Å². The second kappa shape index (κ2) is 6.93. The van der Waals surface area contributed by atoms with Crippen LogP contribution in [0.15, 0.2) is 29.4 Å². The Morgan fingerprint density at radius 2 is 1.88 bits per heavy atom. The normalized spacial score (nSPS) is 15.8. The topological polar surface area (TPSA) is 72.3 Å². The molecule has 130 valence electrons. The lowest BCUT2D eigenvalue weighted by Gasteiger charge is -2.27. The Kier molecular flexibility index (Phi) is 4.89. The third-order valence-corrected chi connectivity index (χ3v) is 6.19. The average molecular weight is 349 g/mol. The molecule has 7 heteroatoms. The summed E-state index contributed by atoms with van der Waals surface area (Å²) in [6.45, 7) is 3.35. The number of fused-ring (bicyclic) bond motifs is 1. The van der Waals surface area contributed by atoms with Gasteiger partial charge in [0.25, 0.3) is 0 Å². The second-order valence-electron chi connectivity index (χ2n) is 6.23. The highest BCUT2D eigenvalue weighted by molar-refractivity contribution is 7.91. The van der Waals surface area contributed by atoms with Gasteiger partial charge in [0.2, 0.25) is 20.9 Å². The number of aromatic nitrogens is 2. The fourth-order valence-electron chi connectivity index (χ4n) is 3.18. The Morgan fingerprint density at radius 3 is 2.58 bits per heavy atom. The second-order valence-corrected chi connectivity index (χ2v) is 8.23. The first-order chi connectivity index (χ1) is 11.5. The summed E-state index contributed by atoms with van der Waals surface area (Å²) in [4.78, 5) is 18.8. The predicted octanol–water partition coefficient (Wildman–Crippen LogP) is 2.23. The molecule has 0 radical (unpaired) electrons. The molecule has 0 atom stereocenters. The van der Waals surface area contributed by atoms with Crippen molar-refractivity contribution >= 4 is 26.8 Å². The van der Waals surface area contributed by atoms with Gasteiger partial charge in [-0.25, -0.2) is 13.4 Å². The summed E-state index contributed by atoms with van der Waals surface area (Å²) in [7, 11) is -3.50. The molecule has 1 fully saturated rings. The monoisotopic (exact) mass is 349 g/mol. The maximum atomic E-state index is 12.6. The maximum Gasteiger partial charge on any atom is 0.242 e. The van der Waals surface area contributed by atoms with Gasteiger partial charge in [0.05, 0.1) is 16.8 Å². The van der Waals surface area contributed by atoms with E-state index in [-0.39, 0.29) is 23.4 Å². The summed E-state index contributed by atoms with van der Waals surface area (Å²) < 4.78 is 26.7. The molecule has 6 nitrogen and oxygen atoms in total. The summed E-state index contributed by atoms with van der Waals surface area (Å²) in [6.07, 6.45) is 3.69. The predicted molar refractivity (Wildman–Crippen MR) is 92.5 cm³/mol. The molecule has 0 N–H and O–H groups in total. The van der Waals surface area contributed by atoms with Crippen LogP contribution in [0.3, 0.4) is 0 Å². The highest BCUT2D eigenvalue weighted by Gasteiger charge is 2.26. The summed E-state index contributed by atoms with van der Waals surface area (Å²) in [6, 6.07) is 7.25. The third-order valence-electron chi connectivity index (χ3n) is 4.37. The van der Waals surface area contributed by atoms with Crippen LogP contribution in [0.1, 0.15) is 32.6 Å². The van der Waals surface area contributed by atoms with E-state index in [1.165, 1.54) is 0 Å². The van der Waals surface area contributed by atoms with Crippen molar-refractivity contribution in [3.8, 4) is 0 Å². The quantitative estimate of drug-likeness (QED) is 0.830. The van der Waals surface area contributed by atoms with Gasteiger partial charge in [0.15, 0.2) is 0 Å². The van der Waals surface area contributed by atoms with Gasteiger partial charge in [-0.2, -0.15) is 0 Å². The smallest absolute Gasteiger partial charge is 0.242 e. The van der Waals surface area contributed by atoms with Crippen LogP contribution in [-0.2, 0) is 21.2 Å². The number of sulfone groups is 1. The van der Waals surface area contributed by atoms with E-state index in [2.05, 4.69) is 4.98 Å². The van der Waals surface area contributed by atoms with Gasteiger partial charge < -0.3 is 9.47 Å². The van der Waals surface area contributed by atoms with E-state index in [4.69, 9.17) is 0 Å². The van der Waals surface area contributed by atoms with E-state index in [1.54, 1.807) is 10.6 Å². The van der Waals surface area contributed by atoms with Gasteiger partial charge in [-0.1, -0.05) is 19.1 Å². The number of rotatable bonds is 5. The molecular weight excluding hydrogens is 326 g/mol. The van der Waals surface area contributed by atoms with Crippen molar-refractivity contribution in [2.24, 2.45) is 0 Å². The van der Waals surface area contributed by atoms with Crippen LogP contribution < -0.4 is 0 Å². The van der Waals surface area contributed by atoms with Crippen molar-refractivity contribution in [2.45, 2.75) is 44.3 Å². The van der Waals surface area contributed by atoms with Crippen molar-refractivity contribution in [1.82, 2.24) is 14.5 Å².